The fraction of sp³-hybridized carbons (Fsp3) is 0.500. The Labute approximate surface area is 103 Å². The van der Waals surface area contributed by atoms with Gasteiger partial charge < -0.3 is 4.74 Å². The molecule has 0 aliphatic rings. The lowest BCUT2D eigenvalue weighted by atomic mass is 10.1. The van der Waals surface area contributed by atoms with Crippen molar-refractivity contribution in [2.75, 3.05) is 17.6 Å². The van der Waals surface area contributed by atoms with Crippen molar-refractivity contribution in [3.05, 3.63) is 23.3 Å². The van der Waals surface area contributed by atoms with E-state index >= 15 is 0 Å². The van der Waals surface area contributed by atoms with Gasteiger partial charge in [-0.1, -0.05) is 6.92 Å². The van der Waals surface area contributed by atoms with Crippen LogP contribution in [0.15, 0.2) is 6.07 Å². The van der Waals surface area contributed by atoms with Gasteiger partial charge in [-0.3, -0.25) is 4.72 Å². The first-order chi connectivity index (χ1) is 7.83. The van der Waals surface area contributed by atoms with E-state index in [2.05, 4.69) is 10.8 Å². The predicted octanol–water partition coefficient (Wildman–Crippen LogP) is 2.26. The van der Waals surface area contributed by atoms with Crippen molar-refractivity contribution in [2.24, 2.45) is 0 Å². The second-order valence-electron chi connectivity index (χ2n) is 4.04. The van der Waals surface area contributed by atoms with Crippen LogP contribution >= 0.6 is 0 Å². The van der Waals surface area contributed by atoms with Gasteiger partial charge in [0.05, 0.1) is 18.6 Å². The number of ether oxygens (including phenoxy) is 1. The Bertz CT molecular complexity index is 471. The van der Waals surface area contributed by atoms with E-state index in [0.29, 0.717) is 12.3 Å². The van der Waals surface area contributed by atoms with E-state index in [0.717, 1.165) is 29.6 Å². The van der Waals surface area contributed by atoms with E-state index in [1.165, 1.54) is 0 Å². The quantitative estimate of drug-likeness (QED) is 0.879. The highest BCUT2D eigenvalue weighted by atomic mass is 32.2. The van der Waals surface area contributed by atoms with Gasteiger partial charge in [0.25, 0.3) is 0 Å². The van der Waals surface area contributed by atoms with Crippen LogP contribution in [0.5, 0.6) is 5.75 Å². The van der Waals surface area contributed by atoms with E-state index in [9.17, 15) is 8.42 Å². The number of aryl methyl sites for hydroxylation is 2. The third-order valence-electron chi connectivity index (χ3n) is 2.13. The van der Waals surface area contributed by atoms with Crippen molar-refractivity contribution < 1.29 is 13.2 Å². The van der Waals surface area contributed by atoms with Gasteiger partial charge in [-0.15, -0.1) is 0 Å². The molecule has 95 valence electrons. The molecule has 4 nitrogen and oxygen atoms in total. The van der Waals surface area contributed by atoms with Crippen molar-refractivity contribution in [1.29, 1.82) is 0 Å². The van der Waals surface area contributed by atoms with Gasteiger partial charge in [-0.25, -0.2) is 8.42 Å². The fourth-order valence-corrected chi connectivity index (χ4v) is 2.06. The van der Waals surface area contributed by atoms with Gasteiger partial charge in [0.2, 0.25) is 10.0 Å². The number of nitrogens with one attached hydrogen (secondary N) is 1. The minimum absolute atomic E-state index is 0.450. The summed E-state index contributed by atoms with van der Waals surface area (Å²) in [7, 11) is -3.26. The Balaban J connectivity index is 3.01. The first kappa shape index (κ1) is 13.8. The van der Waals surface area contributed by atoms with Crippen LogP contribution in [0.4, 0.5) is 5.69 Å². The van der Waals surface area contributed by atoms with Gasteiger partial charge in [-0.05, 0) is 31.9 Å². The van der Waals surface area contributed by atoms with E-state index in [-0.39, 0.29) is 0 Å². The maximum atomic E-state index is 11.1. The smallest absolute Gasteiger partial charge is 0.229 e. The Kier molecular flexibility index (Phi) is 4.40. The molecule has 1 N–H and O–H groups in total. The molecule has 0 saturated heterocycles. The van der Waals surface area contributed by atoms with Crippen LogP contribution in [0, 0.1) is 19.9 Å². The molecule has 0 atom stereocenters. The molecule has 0 saturated carbocycles. The fourth-order valence-electron chi connectivity index (χ4n) is 1.55. The number of rotatable bonds is 5. The van der Waals surface area contributed by atoms with Gasteiger partial charge in [-0.2, -0.15) is 0 Å². The molecule has 1 aromatic rings. The van der Waals surface area contributed by atoms with Crippen molar-refractivity contribution in [3.8, 4) is 5.75 Å². The molecule has 0 amide bonds. The Morgan fingerprint density at radius 1 is 1.41 bits per heavy atom. The molecule has 0 aromatic heterocycles. The van der Waals surface area contributed by atoms with E-state index in [4.69, 9.17) is 4.74 Å². The van der Waals surface area contributed by atoms with E-state index < -0.39 is 10.0 Å². The number of hydrogen-bond acceptors (Lipinski definition) is 3. The first-order valence-corrected chi connectivity index (χ1v) is 7.36. The van der Waals surface area contributed by atoms with Gasteiger partial charge >= 0.3 is 0 Å². The molecular weight excluding hydrogens is 238 g/mol. The van der Waals surface area contributed by atoms with Crippen LogP contribution in [-0.2, 0) is 10.0 Å². The molecule has 1 aromatic carbocycles. The minimum Gasteiger partial charge on any atom is -0.493 e. The Morgan fingerprint density at radius 2 is 2.06 bits per heavy atom. The van der Waals surface area contributed by atoms with Crippen LogP contribution in [0.1, 0.15) is 24.5 Å². The van der Waals surface area contributed by atoms with Gasteiger partial charge in [0, 0.05) is 11.6 Å². The zero-order valence-corrected chi connectivity index (χ0v) is 11.4. The van der Waals surface area contributed by atoms with Crippen molar-refractivity contribution in [3.63, 3.8) is 0 Å². The minimum atomic E-state index is -3.26. The number of anilines is 1. The second kappa shape index (κ2) is 5.40. The topological polar surface area (TPSA) is 55.4 Å². The van der Waals surface area contributed by atoms with Crippen LogP contribution in [0.25, 0.3) is 0 Å². The third-order valence-corrected chi connectivity index (χ3v) is 2.72. The summed E-state index contributed by atoms with van der Waals surface area (Å²) in [5.74, 6) is 0.783. The summed E-state index contributed by atoms with van der Waals surface area (Å²) < 4.78 is 30.2. The maximum absolute atomic E-state index is 11.1. The molecule has 0 spiro atoms. The van der Waals surface area contributed by atoms with Gasteiger partial charge in [0.15, 0.2) is 0 Å². The third kappa shape index (κ3) is 4.26. The number of hydrogen-bond donors (Lipinski definition) is 1. The molecule has 0 heterocycles. The summed E-state index contributed by atoms with van der Waals surface area (Å²) in [6, 6.07) is 4.69. The molecule has 1 radical (unpaired) electrons. The average molecular weight is 256 g/mol. The van der Waals surface area contributed by atoms with Crippen molar-refractivity contribution in [2.45, 2.75) is 27.2 Å². The van der Waals surface area contributed by atoms with Crippen molar-refractivity contribution in [1.82, 2.24) is 0 Å². The SMILES string of the molecule is CCCOc1c(C)[c]c(NS(C)(=O)=O)cc1C. The lowest BCUT2D eigenvalue weighted by Crippen LogP contribution is -2.10. The molecule has 0 fully saturated rings. The monoisotopic (exact) mass is 256 g/mol. The highest BCUT2D eigenvalue weighted by Gasteiger charge is 2.09. The number of sulfonamides is 1. The molecule has 0 bridgehead atoms. The first-order valence-electron chi connectivity index (χ1n) is 5.47. The van der Waals surface area contributed by atoms with Crippen LogP contribution in [0.3, 0.4) is 0 Å². The Hall–Kier alpha value is -1.23. The summed E-state index contributed by atoms with van der Waals surface area (Å²) in [6.07, 6.45) is 2.05. The lowest BCUT2D eigenvalue weighted by molar-refractivity contribution is 0.313. The molecule has 0 unspecified atom stereocenters. The lowest BCUT2D eigenvalue weighted by Gasteiger charge is -2.13. The van der Waals surface area contributed by atoms with Gasteiger partial charge in [0.1, 0.15) is 5.75 Å². The highest BCUT2D eigenvalue weighted by molar-refractivity contribution is 7.92. The molecule has 17 heavy (non-hydrogen) atoms. The highest BCUT2D eigenvalue weighted by Crippen LogP contribution is 2.27. The summed E-state index contributed by atoms with van der Waals surface area (Å²) in [4.78, 5) is 0. The van der Waals surface area contributed by atoms with E-state index in [1.54, 1.807) is 6.07 Å². The molecule has 1 rings (SSSR count). The predicted molar refractivity (Wildman–Crippen MR) is 69.0 cm³/mol. The normalized spacial score (nSPS) is 11.3. The molecular formula is C12H18NO3S. The zero-order chi connectivity index (χ0) is 13.1. The van der Waals surface area contributed by atoms with Crippen LogP contribution in [-0.4, -0.2) is 21.3 Å². The average Bonchev–Trinajstić information content (AvgIpc) is 2.13. The van der Waals surface area contributed by atoms with Crippen LogP contribution in [0.2, 0.25) is 0 Å². The molecule has 0 aliphatic heterocycles. The summed E-state index contributed by atoms with van der Waals surface area (Å²) in [5.41, 5.74) is 2.16. The molecule has 5 heteroatoms. The largest absolute Gasteiger partial charge is 0.493 e. The standard InChI is InChI=1S/C12H18NO3S/c1-5-6-16-12-9(2)7-11(8-10(12)3)13-17(4,14)15/h7,13H,5-6H2,1-4H3. The second-order valence-corrected chi connectivity index (χ2v) is 5.79. The van der Waals surface area contributed by atoms with Crippen molar-refractivity contribution >= 4 is 15.7 Å². The van der Waals surface area contributed by atoms with E-state index in [1.807, 2.05) is 20.8 Å². The molecule has 0 aliphatic carbocycles. The number of benzene rings is 1. The summed E-state index contributed by atoms with van der Waals surface area (Å²) in [6.45, 7) is 6.42. The Morgan fingerprint density at radius 3 is 2.53 bits per heavy atom. The summed E-state index contributed by atoms with van der Waals surface area (Å²) in [5, 5.41) is 0. The van der Waals surface area contributed by atoms with Crippen LogP contribution < -0.4 is 9.46 Å². The maximum Gasteiger partial charge on any atom is 0.229 e. The zero-order valence-electron chi connectivity index (χ0n) is 10.6. The summed E-state index contributed by atoms with van der Waals surface area (Å²) >= 11 is 0.